The number of hydrogen-bond acceptors (Lipinski definition) is 4. The summed E-state index contributed by atoms with van der Waals surface area (Å²) in [5, 5.41) is 0. The third-order valence-electron chi connectivity index (χ3n) is 1.76. The average molecular weight is 240 g/mol. The van der Waals surface area contributed by atoms with E-state index in [-0.39, 0.29) is 4.75 Å². The van der Waals surface area contributed by atoms with Crippen LogP contribution in [0.25, 0.3) is 0 Å². The molecule has 0 radical (unpaired) electrons. The second kappa shape index (κ2) is 5.32. The Labute approximate surface area is 99.1 Å². The predicted molar refractivity (Wildman–Crippen MR) is 66.3 cm³/mol. The fourth-order valence-electron chi connectivity index (χ4n) is 0.876. The first-order valence-electron chi connectivity index (χ1n) is 4.90. The highest BCUT2D eigenvalue weighted by atomic mass is 32.2. The normalized spacial score (nSPS) is 14.1. The molecule has 1 rings (SSSR count). The summed E-state index contributed by atoms with van der Waals surface area (Å²) in [7, 11) is 1.55. The van der Waals surface area contributed by atoms with Crippen molar-refractivity contribution in [1.29, 1.82) is 0 Å². The molecule has 0 fully saturated rings. The Bertz CT molecular complexity index is 374. The van der Waals surface area contributed by atoms with E-state index in [1.165, 1.54) is 6.21 Å². The van der Waals surface area contributed by atoms with Gasteiger partial charge in [0.1, 0.15) is 22.3 Å². The molecule has 0 N–H and O–H groups in total. The molecular formula is C11H16N2O2S. The van der Waals surface area contributed by atoms with E-state index in [0.717, 1.165) is 0 Å². The second-order valence-corrected chi connectivity index (χ2v) is 6.13. The fourth-order valence-corrected chi connectivity index (χ4v) is 1.40. The van der Waals surface area contributed by atoms with Crippen LogP contribution in [0.4, 0.5) is 0 Å². The van der Waals surface area contributed by atoms with Gasteiger partial charge in [-0.2, -0.15) is 0 Å². The van der Waals surface area contributed by atoms with Crippen LogP contribution in [0.15, 0.2) is 22.6 Å². The number of hydrogen-bond donors (Lipinski definition) is 0. The zero-order chi connectivity index (χ0) is 12.2. The van der Waals surface area contributed by atoms with E-state index in [2.05, 4.69) is 9.38 Å². The lowest BCUT2D eigenvalue weighted by Crippen LogP contribution is -2.25. The van der Waals surface area contributed by atoms with Crippen molar-refractivity contribution in [1.82, 2.24) is 4.98 Å². The highest BCUT2D eigenvalue weighted by molar-refractivity contribution is 7.91. The van der Waals surface area contributed by atoms with Gasteiger partial charge in [-0.05, 0) is 26.8 Å². The molecule has 1 atom stereocenters. The van der Waals surface area contributed by atoms with E-state index in [0.29, 0.717) is 11.6 Å². The van der Waals surface area contributed by atoms with Crippen LogP contribution in [0.2, 0.25) is 0 Å². The zero-order valence-corrected chi connectivity index (χ0v) is 10.7. The zero-order valence-electron chi connectivity index (χ0n) is 9.93. The molecule has 0 saturated carbocycles. The van der Waals surface area contributed by atoms with Crippen molar-refractivity contribution in [3.8, 4) is 5.88 Å². The standard InChI is InChI=1S/C11H16N2O2S/c1-11(2,3)16(14)12-8-9-6-5-7-10(13-9)15-4/h5-8H,1-4H3/b12-8-. The van der Waals surface area contributed by atoms with Crippen molar-refractivity contribution in [3.05, 3.63) is 23.9 Å². The first-order valence-corrected chi connectivity index (χ1v) is 6.01. The van der Waals surface area contributed by atoms with Crippen LogP contribution in [0.5, 0.6) is 5.88 Å². The Morgan fingerprint density at radius 3 is 2.69 bits per heavy atom. The van der Waals surface area contributed by atoms with Gasteiger partial charge in [0.2, 0.25) is 5.88 Å². The van der Waals surface area contributed by atoms with Crippen LogP contribution in [0, 0.1) is 0 Å². The molecule has 1 aromatic heterocycles. The van der Waals surface area contributed by atoms with E-state index in [4.69, 9.17) is 4.74 Å². The predicted octanol–water partition coefficient (Wildman–Crippen LogP) is 1.97. The Balaban J connectivity index is 2.76. The van der Waals surface area contributed by atoms with Gasteiger partial charge in [0.15, 0.2) is 0 Å². The number of nitrogens with zero attached hydrogens (tertiary/aromatic N) is 2. The molecule has 0 amide bonds. The van der Waals surface area contributed by atoms with Gasteiger partial charge >= 0.3 is 0 Å². The van der Waals surface area contributed by atoms with Crippen molar-refractivity contribution in [2.24, 2.45) is 4.40 Å². The van der Waals surface area contributed by atoms with Crippen LogP contribution in [-0.4, -0.2) is 27.6 Å². The molecule has 4 nitrogen and oxygen atoms in total. The summed E-state index contributed by atoms with van der Waals surface area (Å²) in [6, 6.07) is 5.34. The second-order valence-electron chi connectivity index (χ2n) is 4.20. The number of aromatic nitrogens is 1. The average Bonchev–Trinajstić information content (AvgIpc) is 2.25. The summed E-state index contributed by atoms with van der Waals surface area (Å²) >= 11 is -1.26. The number of pyridine rings is 1. The SMILES string of the molecule is COc1cccc(/C=N\[S+]([O-])C(C)(C)C)n1. The van der Waals surface area contributed by atoms with Gasteiger partial charge in [0, 0.05) is 6.07 Å². The molecule has 0 aliphatic carbocycles. The Morgan fingerprint density at radius 1 is 1.44 bits per heavy atom. The minimum absolute atomic E-state index is 0.352. The molecule has 0 bridgehead atoms. The lowest BCUT2D eigenvalue weighted by Gasteiger charge is -2.17. The molecule has 5 heteroatoms. The van der Waals surface area contributed by atoms with Crippen molar-refractivity contribution in [2.45, 2.75) is 25.5 Å². The third kappa shape index (κ3) is 3.83. The number of rotatable bonds is 3. The summed E-state index contributed by atoms with van der Waals surface area (Å²) in [5.41, 5.74) is 0.636. The highest BCUT2D eigenvalue weighted by Gasteiger charge is 2.25. The molecule has 1 heterocycles. The van der Waals surface area contributed by atoms with E-state index < -0.39 is 11.4 Å². The van der Waals surface area contributed by atoms with E-state index in [9.17, 15) is 4.55 Å². The minimum Gasteiger partial charge on any atom is -0.591 e. The summed E-state index contributed by atoms with van der Waals surface area (Å²) in [6.07, 6.45) is 1.50. The first-order chi connectivity index (χ1) is 7.43. The lowest BCUT2D eigenvalue weighted by molar-refractivity contribution is 0.397. The van der Waals surface area contributed by atoms with E-state index >= 15 is 0 Å². The molecule has 1 unspecified atom stereocenters. The van der Waals surface area contributed by atoms with Crippen molar-refractivity contribution in [3.63, 3.8) is 0 Å². The summed E-state index contributed by atoms with van der Waals surface area (Å²) in [6.45, 7) is 5.62. The molecule has 1 aromatic rings. The van der Waals surface area contributed by atoms with Gasteiger partial charge < -0.3 is 9.29 Å². The quantitative estimate of drug-likeness (QED) is 0.599. The molecule has 0 spiro atoms. The number of ether oxygens (including phenoxy) is 1. The molecular weight excluding hydrogens is 224 g/mol. The van der Waals surface area contributed by atoms with Gasteiger partial charge in [-0.15, -0.1) is 0 Å². The van der Waals surface area contributed by atoms with Crippen LogP contribution in [-0.2, 0) is 11.4 Å². The molecule has 0 aliphatic rings. The Morgan fingerprint density at radius 2 is 2.12 bits per heavy atom. The van der Waals surface area contributed by atoms with Crippen molar-refractivity contribution >= 4 is 17.6 Å². The monoisotopic (exact) mass is 240 g/mol. The van der Waals surface area contributed by atoms with E-state index in [1.807, 2.05) is 26.8 Å². The van der Waals surface area contributed by atoms with Crippen LogP contribution in [0.1, 0.15) is 26.5 Å². The smallest absolute Gasteiger partial charge is 0.213 e. The number of methoxy groups -OCH3 is 1. The van der Waals surface area contributed by atoms with Gasteiger partial charge in [-0.3, -0.25) is 0 Å². The molecule has 0 saturated heterocycles. The molecule has 88 valence electrons. The van der Waals surface area contributed by atoms with Crippen LogP contribution >= 0.6 is 0 Å². The van der Waals surface area contributed by atoms with Gasteiger partial charge in [-0.25, -0.2) is 4.98 Å². The fraction of sp³-hybridized carbons (Fsp3) is 0.455. The highest BCUT2D eigenvalue weighted by Crippen LogP contribution is 2.16. The van der Waals surface area contributed by atoms with Crippen LogP contribution < -0.4 is 4.74 Å². The van der Waals surface area contributed by atoms with Gasteiger partial charge in [-0.1, -0.05) is 10.5 Å². The molecule has 16 heavy (non-hydrogen) atoms. The van der Waals surface area contributed by atoms with Crippen LogP contribution in [0.3, 0.4) is 0 Å². The molecule has 0 aromatic carbocycles. The lowest BCUT2D eigenvalue weighted by atomic mass is 10.3. The van der Waals surface area contributed by atoms with Crippen molar-refractivity contribution < 1.29 is 9.29 Å². The largest absolute Gasteiger partial charge is 0.591 e. The van der Waals surface area contributed by atoms with E-state index in [1.54, 1.807) is 19.2 Å². The topological polar surface area (TPSA) is 57.5 Å². The van der Waals surface area contributed by atoms with Gasteiger partial charge in [0.05, 0.1) is 12.8 Å². The first kappa shape index (κ1) is 13.0. The summed E-state index contributed by atoms with van der Waals surface area (Å²) < 4.78 is 20.2. The maximum atomic E-state index is 11.6. The summed E-state index contributed by atoms with van der Waals surface area (Å²) in [5.74, 6) is 0.519. The third-order valence-corrected chi connectivity index (χ3v) is 3.10. The maximum absolute atomic E-state index is 11.6. The van der Waals surface area contributed by atoms with Crippen molar-refractivity contribution in [2.75, 3.05) is 7.11 Å². The Hall–Kier alpha value is -1.07. The van der Waals surface area contributed by atoms with Gasteiger partial charge in [0.25, 0.3) is 0 Å². The molecule has 0 aliphatic heterocycles. The summed E-state index contributed by atoms with van der Waals surface area (Å²) in [4.78, 5) is 4.14. The minimum atomic E-state index is -1.26. The maximum Gasteiger partial charge on any atom is 0.213 e. The Kier molecular flexibility index (Phi) is 4.32.